The van der Waals surface area contributed by atoms with Crippen molar-refractivity contribution >= 4 is 23.2 Å². The van der Waals surface area contributed by atoms with E-state index in [1.165, 1.54) is 25.5 Å². The molecule has 1 saturated heterocycles. The fourth-order valence-corrected chi connectivity index (χ4v) is 3.86. The molecule has 1 aliphatic rings. The Kier molecular flexibility index (Phi) is 7.30. The molecular weight excluding hydrogens is 382 g/mol. The summed E-state index contributed by atoms with van der Waals surface area (Å²) in [5.74, 6) is 1.21. The number of amides is 2. The summed E-state index contributed by atoms with van der Waals surface area (Å²) in [5.41, 5.74) is 1.52. The van der Waals surface area contributed by atoms with Crippen molar-refractivity contribution in [2.24, 2.45) is 5.92 Å². The van der Waals surface area contributed by atoms with Crippen molar-refractivity contribution in [3.05, 3.63) is 48.0 Å². The molecule has 0 saturated carbocycles. The van der Waals surface area contributed by atoms with Gasteiger partial charge in [0.1, 0.15) is 11.5 Å². The SMILES string of the molecule is COc1cc(NC(=O)c2ccccc2)c(OC)cc1NC(=O)C[NH+]1CCC[C@@H](C)C1. The Morgan fingerprint density at radius 2 is 1.67 bits per heavy atom. The number of methoxy groups -OCH3 is 2. The Labute approximate surface area is 177 Å². The van der Waals surface area contributed by atoms with Gasteiger partial charge in [0.2, 0.25) is 0 Å². The number of likely N-dealkylation sites (tertiary alicyclic amines) is 1. The molecule has 1 aliphatic heterocycles. The third kappa shape index (κ3) is 5.51. The number of piperidine rings is 1. The lowest BCUT2D eigenvalue weighted by atomic mass is 10.0. The number of ether oxygens (including phenoxy) is 2. The normalized spacial score (nSPS) is 18.4. The monoisotopic (exact) mass is 412 g/mol. The molecule has 0 spiro atoms. The van der Waals surface area contributed by atoms with Crippen LogP contribution in [0.3, 0.4) is 0 Å². The van der Waals surface area contributed by atoms with Gasteiger partial charge in [0.05, 0.1) is 38.7 Å². The molecule has 2 aromatic rings. The van der Waals surface area contributed by atoms with Crippen LogP contribution in [0.2, 0.25) is 0 Å². The molecule has 2 atom stereocenters. The molecule has 1 fully saturated rings. The minimum Gasteiger partial charge on any atom is -0.494 e. The van der Waals surface area contributed by atoms with Crippen molar-refractivity contribution in [2.45, 2.75) is 19.8 Å². The van der Waals surface area contributed by atoms with Crippen LogP contribution in [0.4, 0.5) is 11.4 Å². The van der Waals surface area contributed by atoms with Crippen LogP contribution in [0.25, 0.3) is 0 Å². The van der Waals surface area contributed by atoms with Crippen molar-refractivity contribution in [3.63, 3.8) is 0 Å². The number of hydrogen-bond acceptors (Lipinski definition) is 4. The van der Waals surface area contributed by atoms with Crippen LogP contribution in [-0.2, 0) is 4.79 Å². The number of benzene rings is 2. The van der Waals surface area contributed by atoms with Gasteiger partial charge in [-0.2, -0.15) is 0 Å². The van der Waals surface area contributed by atoms with Crippen molar-refractivity contribution in [2.75, 3.05) is 44.5 Å². The summed E-state index contributed by atoms with van der Waals surface area (Å²) in [4.78, 5) is 26.4. The van der Waals surface area contributed by atoms with E-state index in [1.807, 2.05) is 6.07 Å². The zero-order valence-electron chi connectivity index (χ0n) is 17.8. The minimum atomic E-state index is -0.254. The molecule has 0 bridgehead atoms. The molecule has 1 heterocycles. The van der Waals surface area contributed by atoms with Crippen LogP contribution in [-0.4, -0.2) is 45.7 Å². The van der Waals surface area contributed by atoms with Crippen LogP contribution in [0, 0.1) is 5.92 Å². The fourth-order valence-electron chi connectivity index (χ4n) is 3.86. The predicted octanol–water partition coefficient (Wildman–Crippen LogP) is 2.21. The molecule has 2 aromatic carbocycles. The summed E-state index contributed by atoms with van der Waals surface area (Å²) in [7, 11) is 3.04. The lowest BCUT2D eigenvalue weighted by Crippen LogP contribution is -3.14. The first-order chi connectivity index (χ1) is 14.5. The van der Waals surface area contributed by atoms with Crippen LogP contribution >= 0.6 is 0 Å². The van der Waals surface area contributed by atoms with Crippen molar-refractivity contribution in [1.82, 2.24) is 0 Å². The lowest BCUT2D eigenvalue weighted by Gasteiger charge is -2.27. The first-order valence-electron chi connectivity index (χ1n) is 10.3. The van der Waals surface area contributed by atoms with Gasteiger partial charge in [-0.25, -0.2) is 0 Å². The van der Waals surface area contributed by atoms with E-state index in [0.29, 0.717) is 40.9 Å². The lowest BCUT2D eigenvalue weighted by molar-refractivity contribution is -0.900. The summed E-state index contributed by atoms with van der Waals surface area (Å²) in [6, 6.07) is 12.3. The highest BCUT2D eigenvalue weighted by Gasteiger charge is 2.23. The molecule has 0 aliphatic carbocycles. The van der Waals surface area contributed by atoms with Gasteiger partial charge in [-0.15, -0.1) is 0 Å². The van der Waals surface area contributed by atoms with Gasteiger partial charge in [0.25, 0.3) is 11.8 Å². The third-order valence-corrected chi connectivity index (χ3v) is 5.35. The smallest absolute Gasteiger partial charge is 0.279 e. The molecule has 30 heavy (non-hydrogen) atoms. The maximum atomic E-state index is 12.6. The number of carbonyl (C=O) groups is 2. The van der Waals surface area contributed by atoms with Crippen LogP contribution in [0.5, 0.6) is 11.5 Å². The van der Waals surface area contributed by atoms with E-state index in [1.54, 1.807) is 36.4 Å². The van der Waals surface area contributed by atoms with E-state index in [9.17, 15) is 9.59 Å². The Morgan fingerprint density at radius 1 is 1.03 bits per heavy atom. The second-order valence-electron chi connectivity index (χ2n) is 7.75. The molecule has 1 unspecified atom stereocenters. The Morgan fingerprint density at radius 3 is 2.27 bits per heavy atom. The summed E-state index contributed by atoms with van der Waals surface area (Å²) < 4.78 is 10.9. The highest BCUT2D eigenvalue weighted by atomic mass is 16.5. The quantitative estimate of drug-likeness (QED) is 0.651. The van der Waals surface area contributed by atoms with Gasteiger partial charge in [0.15, 0.2) is 6.54 Å². The van der Waals surface area contributed by atoms with Gasteiger partial charge in [0, 0.05) is 23.6 Å². The Bertz CT molecular complexity index is 886. The van der Waals surface area contributed by atoms with Crippen molar-refractivity contribution < 1.29 is 24.0 Å². The van der Waals surface area contributed by atoms with E-state index < -0.39 is 0 Å². The van der Waals surface area contributed by atoms with E-state index in [4.69, 9.17) is 9.47 Å². The van der Waals surface area contributed by atoms with Crippen LogP contribution < -0.4 is 25.0 Å². The second-order valence-corrected chi connectivity index (χ2v) is 7.75. The van der Waals surface area contributed by atoms with E-state index in [0.717, 1.165) is 19.5 Å². The van der Waals surface area contributed by atoms with E-state index in [-0.39, 0.29) is 11.8 Å². The summed E-state index contributed by atoms with van der Waals surface area (Å²) >= 11 is 0. The molecule has 7 nitrogen and oxygen atoms in total. The van der Waals surface area contributed by atoms with Gasteiger partial charge in [-0.3, -0.25) is 9.59 Å². The predicted molar refractivity (Wildman–Crippen MR) is 117 cm³/mol. The third-order valence-electron chi connectivity index (χ3n) is 5.35. The molecule has 0 radical (unpaired) electrons. The van der Waals surface area contributed by atoms with E-state index >= 15 is 0 Å². The fraction of sp³-hybridized carbons (Fsp3) is 0.391. The number of anilines is 2. The largest absolute Gasteiger partial charge is 0.494 e. The molecule has 3 rings (SSSR count). The molecule has 160 valence electrons. The Hall–Kier alpha value is -3.06. The maximum Gasteiger partial charge on any atom is 0.279 e. The van der Waals surface area contributed by atoms with Crippen LogP contribution in [0.1, 0.15) is 30.1 Å². The zero-order valence-corrected chi connectivity index (χ0v) is 17.8. The molecule has 3 N–H and O–H groups in total. The number of carbonyl (C=O) groups excluding carboxylic acids is 2. The van der Waals surface area contributed by atoms with Crippen LogP contribution in [0.15, 0.2) is 42.5 Å². The average molecular weight is 413 g/mol. The summed E-state index contributed by atoms with van der Waals surface area (Å²) in [6.45, 7) is 4.68. The molecular formula is C23H30N3O4+. The molecule has 2 amide bonds. The van der Waals surface area contributed by atoms with E-state index in [2.05, 4.69) is 17.6 Å². The van der Waals surface area contributed by atoms with Crippen molar-refractivity contribution in [3.8, 4) is 11.5 Å². The second kappa shape index (κ2) is 10.1. The number of hydrogen-bond donors (Lipinski definition) is 3. The highest BCUT2D eigenvalue weighted by Crippen LogP contribution is 2.36. The minimum absolute atomic E-state index is 0.0690. The number of quaternary nitrogens is 1. The molecule has 7 heteroatoms. The number of nitrogens with one attached hydrogen (secondary N) is 3. The first-order valence-corrected chi connectivity index (χ1v) is 10.3. The number of rotatable bonds is 7. The summed E-state index contributed by atoms with van der Waals surface area (Å²) in [6.07, 6.45) is 2.38. The average Bonchev–Trinajstić information content (AvgIpc) is 2.74. The topological polar surface area (TPSA) is 81.1 Å². The Balaban J connectivity index is 1.74. The van der Waals surface area contributed by atoms with Crippen molar-refractivity contribution in [1.29, 1.82) is 0 Å². The zero-order chi connectivity index (χ0) is 21.5. The molecule has 0 aromatic heterocycles. The van der Waals surface area contributed by atoms with Gasteiger partial charge < -0.3 is 25.0 Å². The standard InChI is InChI=1S/C23H29N3O4/c1-16-8-7-11-26(14-16)15-22(27)24-18-12-21(30-3)19(13-20(18)29-2)25-23(28)17-9-5-4-6-10-17/h4-6,9-10,12-13,16H,7-8,11,14-15H2,1-3H3,(H,24,27)(H,25,28)/p+1/t16-/m1/s1. The maximum absolute atomic E-state index is 12.6. The van der Waals surface area contributed by atoms with Gasteiger partial charge in [-0.05, 0) is 25.0 Å². The highest BCUT2D eigenvalue weighted by molar-refractivity contribution is 6.05. The van der Waals surface area contributed by atoms with Gasteiger partial charge >= 0.3 is 0 Å². The summed E-state index contributed by atoms with van der Waals surface area (Å²) in [5, 5.41) is 5.78. The first kappa shape index (κ1) is 21.6. The van der Waals surface area contributed by atoms with Gasteiger partial charge in [-0.1, -0.05) is 25.1 Å².